The molecule has 1 aliphatic rings. The highest BCUT2D eigenvalue weighted by molar-refractivity contribution is 6.02. The lowest BCUT2D eigenvalue weighted by Crippen LogP contribution is -2.25. The number of esters is 1. The molecule has 1 atom stereocenters. The minimum atomic E-state index is -1.10. The molecule has 0 spiro atoms. The predicted octanol–water partition coefficient (Wildman–Crippen LogP) is -0.606. The minimum Gasteiger partial charge on any atom is -0.479 e. The van der Waals surface area contributed by atoms with Gasteiger partial charge in [0.15, 0.2) is 12.1 Å². The number of carboxylic acids is 1. The fourth-order valence-corrected chi connectivity index (χ4v) is 1.07. The van der Waals surface area contributed by atoms with Gasteiger partial charge in [-0.15, -0.1) is 0 Å². The summed E-state index contributed by atoms with van der Waals surface area (Å²) >= 11 is 0. The summed E-state index contributed by atoms with van der Waals surface area (Å²) in [5, 5.41) is 25.2. The SMILES string of the molecule is CCC(OC(C)=O)C(=O)O.CCO.CN1CC(=O)NC1=N. The first kappa shape index (κ1) is 21.1. The molecule has 0 aromatic heterocycles. The molecule has 9 nitrogen and oxygen atoms in total. The Bertz CT molecular complexity index is 372. The molecule has 4 N–H and O–H groups in total. The van der Waals surface area contributed by atoms with Gasteiger partial charge >= 0.3 is 11.9 Å². The van der Waals surface area contributed by atoms with E-state index in [-0.39, 0.29) is 18.5 Å². The number of nitrogens with one attached hydrogen (secondary N) is 2. The van der Waals surface area contributed by atoms with Crippen molar-refractivity contribution < 1.29 is 29.3 Å². The van der Waals surface area contributed by atoms with Gasteiger partial charge in [-0.2, -0.15) is 0 Å². The summed E-state index contributed by atoms with van der Waals surface area (Å²) in [5.41, 5.74) is 0. The van der Waals surface area contributed by atoms with E-state index in [4.69, 9.17) is 15.6 Å². The summed E-state index contributed by atoms with van der Waals surface area (Å²) in [6.07, 6.45) is -0.688. The van der Waals surface area contributed by atoms with Crippen LogP contribution < -0.4 is 5.32 Å². The number of carbonyl (C=O) groups is 3. The zero-order valence-corrected chi connectivity index (χ0v) is 12.7. The molecule has 0 aliphatic carbocycles. The highest BCUT2D eigenvalue weighted by Gasteiger charge is 2.18. The second kappa shape index (κ2) is 11.6. The summed E-state index contributed by atoms with van der Waals surface area (Å²) < 4.78 is 4.42. The molecule has 1 heterocycles. The molecule has 0 aromatic carbocycles. The fraction of sp³-hybridized carbons (Fsp3) is 0.667. The molecule has 1 aliphatic heterocycles. The van der Waals surface area contributed by atoms with E-state index in [2.05, 4.69) is 10.1 Å². The number of guanidine groups is 1. The standard InChI is InChI=1S/C6H10O4.C4H7N3O.C2H6O/c1-3-5(6(8)9)10-4(2)7;1-7-2-3(8)6-4(7)5;1-2-3/h5H,3H2,1-2H3,(H,8,9);2H2,1H3,(H2,5,6,8);3H,2H2,1H3. The average molecular weight is 305 g/mol. The van der Waals surface area contributed by atoms with Crippen LogP contribution in [0.3, 0.4) is 0 Å². The Morgan fingerprint density at radius 1 is 1.48 bits per heavy atom. The van der Waals surface area contributed by atoms with Crippen LogP contribution in [0.25, 0.3) is 0 Å². The molecule has 0 radical (unpaired) electrons. The monoisotopic (exact) mass is 305 g/mol. The number of hydrogen-bond donors (Lipinski definition) is 4. The summed E-state index contributed by atoms with van der Waals surface area (Å²) in [5.74, 6) is -1.57. The molecule has 9 heteroatoms. The third-order valence-corrected chi connectivity index (χ3v) is 1.97. The maximum absolute atomic E-state index is 10.4. The number of amides is 1. The lowest BCUT2D eigenvalue weighted by Gasteiger charge is -2.08. The number of carboxylic acid groups (broad SMARTS) is 1. The lowest BCUT2D eigenvalue weighted by atomic mass is 10.3. The summed E-state index contributed by atoms with van der Waals surface area (Å²) in [6, 6.07) is 0. The van der Waals surface area contributed by atoms with Crippen molar-refractivity contribution in [2.24, 2.45) is 0 Å². The number of nitrogens with zero attached hydrogens (tertiary/aromatic N) is 1. The van der Waals surface area contributed by atoms with E-state index < -0.39 is 18.0 Å². The van der Waals surface area contributed by atoms with E-state index in [9.17, 15) is 14.4 Å². The highest BCUT2D eigenvalue weighted by Crippen LogP contribution is 1.97. The Hall–Kier alpha value is -2.16. The smallest absolute Gasteiger partial charge is 0.345 e. The summed E-state index contributed by atoms with van der Waals surface area (Å²) in [4.78, 5) is 32.3. The summed E-state index contributed by atoms with van der Waals surface area (Å²) in [6.45, 7) is 5.08. The van der Waals surface area contributed by atoms with Gasteiger partial charge in [0, 0.05) is 20.6 Å². The molecule has 1 unspecified atom stereocenters. The number of ether oxygens (including phenoxy) is 1. The van der Waals surface area contributed by atoms with Crippen LogP contribution in [0.15, 0.2) is 0 Å². The molecule has 0 bridgehead atoms. The lowest BCUT2D eigenvalue weighted by molar-refractivity contribution is -0.162. The van der Waals surface area contributed by atoms with Crippen LogP contribution in [0.4, 0.5) is 0 Å². The van der Waals surface area contributed by atoms with E-state index >= 15 is 0 Å². The molecule has 122 valence electrons. The van der Waals surface area contributed by atoms with Crippen LogP contribution >= 0.6 is 0 Å². The number of carbonyl (C=O) groups excluding carboxylic acids is 2. The van der Waals surface area contributed by atoms with Crippen LogP contribution in [0.2, 0.25) is 0 Å². The first-order valence-electron chi connectivity index (χ1n) is 6.29. The molecule has 0 saturated carbocycles. The van der Waals surface area contributed by atoms with Gasteiger partial charge in [0.1, 0.15) is 0 Å². The van der Waals surface area contributed by atoms with Gasteiger partial charge in [-0.1, -0.05) is 6.92 Å². The maximum Gasteiger partial charge on any atom is 0.345 e. The number of aliphatic carboxylic acids is 1. The molecule has 21 heavy (non-hydrogen) atoms. The van der Waals surface area contributed by atoms with Gasteiger partial charge < -0.3 is 19.8 Å². The second-order valence-corrected chi connectivity index (χ2v) is 3.91. The molecule has 1 fully saturated rings. The molecular formula is C12H23N3O6. The Morgan fingerprint density at radius 2 is 1.95 bits per heavy atom. The van der Waals surface area contributed by atoms with E-state index in [1.54, 1.807) is 25.8 Å². The molecular weight excluding hydrogens is 282 g/mol. The van der Waals surface area contributed by atoms with Crippen molar-refractivity contribution in [3.8, 4) is 0 Å². The van der Waals surface area contributed by atoms with Crippen molar-refractivity contribution in [3.05, 3.63) is 0 Å². The van der Waals surface area contributed by atoms with E-state index in [1.165, 1.54) is 6.92 Å². The van der Waals surface area contributed by atoms with Crippen LogP contribution in [0, 0.1) is 5.41 Å². The van der Waals surface area contributed by atoms with Gasteiger partial charge in [0.25, 0.3) is 0 Å². The quantitative estimate of drug-likeness (QED) is 0.510. The Morgan fingerprint density at radius 3 is 2.05 bits per heavy atom. The third-order valence-electron chi connectivity index (χ3n) is 1.97. The highest BCUT2D eigenvalue weighted by atomic mass is 16.6. The first-order chi connectivity index (χ1) is 9.69. The van der Waals surface area contributed by atoms with Crippen molar-refractivity contribution in [2.45, 2.75) is 33.3 Å². The normalized spacial score (nSPS) is 14.0. The van der Waals surface area contributed by atoms with Gasteiger partial charge in [-0.25, -0.2) is 4.79 Å². The number of hydrogen-bond acceptors (Lipinski definition) is 6. The Kier molecular flexibility index (Phi) is 11.7. The Labute approximate surface area is 123 Å². The van der Waals surface area contributed by atoms with Crippen molar-refractivity contribution in [1.82, 2.24) is 10.2 Å². The van der Waals surface area contributed by atoms with Crippen molar-refractivity contribution in [1.29, 1.82) is 5.41 Å². The van der Waals surface area contributed by atoms with Gasteiger partial charge in [-0.3, -0.25) is 20.3 Å². The van der Waals surface area contributed by atoms with Gasteiger partial charge in [0.05, 0.1) is 6.54 Å². The Balaban J connectivity index is 0. The van der Waals surface area contributed by atoms with Crippen molar-refractivity contribution in [2.75, 3.05) is 20.2 Å². The average Bonchev–Trinajstić information content (AvgIpc) is 2.64. The predicted molar refractivity (Wildman–Crippen MR) is 74.7 cm³/mol. The van der Waals surface area contributed by atoms with E-state index in [1.807, 2.05) is 0 Å². The molecule has 1 saturated heterocycles. The fourth-order valence-electron chi connectivity index (χ4n) is 1.07. The molecule has 1 amide bonds. The van der Waals surface area contributed by atoms with Crippen molar-refractivity contribution >= 4 is 23.8 Å². The van der Waals surface area contributed by atoms with Crippen LogP contribution in [0.1, 0.15) is 27.2 Å². The van der Waals surface area contributed by atoms with Gasteiger partial charge in [0.2, 0.25) is 5.91 Å². The van der Waals surface area contributed by atoms with Crippen LogP contribution in [-0.2, 0) is 19.1 Å². The molecule has 1 rings (SSSR count). The van der Waals surface area contributed by atoms with E-state index in [0.717, 1.165) is 0 Å². The number of rotatable bonds is 3. The second-order valence-electron chi connectivity index (χ2n) is 3.91. The number of aliphatic hydroxyl groups excluding tert-OH is 1. The van der Waals surface area contributed by atoms with E-state index in [0.29, 0.717) is 13.0 Å². The number of aliphatic hydroxyl groups is 1. The van der Waals surface area contributed by atoms with Crippen molar-refractivity contribution in [3.63, 3.8) is 0 Å². The topological polar surface area (TPSA) is 140 Å². The zero-order chi connectivity index (χ0) is 17.0. The van der Waals surface area contributed by atoms with Crippen LogP contribution in [0.5, 0.6) is 0 Å². The van der Waals surface area contributed by atoms with Crippen LogP contribution in [-0.4, -0.2) is 65.2 Å². The first-order valence-corrected chi connectivity index (χ1v) is 6.29. The van der Waals surface area contributed by atoms with Gasteiger partial charge in [-0.05, 0) is 13.3 Å². The number of likely N-dealkylation sites (N-methyl/N-ethyl adjacent to an activating group) is 1. The maximum atomic E-state index is 10.4. The largest absolute Gasteiger partial charge is 0.479 e. The summed E-state index contributed by atoms with van der Waals surface area (Å²) in [7, 11) is 1.69. The zero-order valence-electron chi connectivity index (χ0n) is 12.7. The third kappa shape index (κ3) is 11.4. The molecule has 0 aromatic rings. The minimum absolute atomic E-state index is 0.0995.